The number of carbonyl (C=O) groups is 2. The molecule has 6 nitrogen and oxygen atoms in total. The number of ether oxygens (including phenoxy) is 2. The second-order valence-corrected chi connectivity index (χ2v) is 8.88. The van der Waals surface area contributed by atoms with E-state index in [1.807, 2.05) is 42.6 Å². The van der Waals surface area contributed by atoms with Crippen LogP contribution in [-0.4, -0.2) is 30.1 Å². The molecule has 1 aliphatic rings. The summed E-state index contributed by atoms with van der Waals surface area (Å²) in [4.78, 5) is 30.7. The molecule has 0 fully saturated rings. The van der Waals surface area contributed by atoms with Crippen LogP contribution in [0.25, 0.3) is 11.3 Å². The fourth-order valence-electron chi connectivity index (χ4n) is 3.30. The third-order valence-corrected chi connectivity index (χ3v) is 6.72. The minimum atomic E-state index is -0.446. The highest BCUT2D eigenvalue weighted by Crippen LogP contribution is 2.30. The molecule has 0 saturated carbocycles. The molecule has 0 saturated heterocycles. The number of carbonyl (C=O) groups excluding carboxylic acids is 2. The van der Waals surface area contributed by atoms with E-state index in [0.717, 1.165) is 42.7 Å². The van der Waals surface area contributed by atoms with Crippen molar-refractivity contribution in [3.8, 4) is 17.0 Å². The van der Waals surface area contributed by atoms with Gasteiger partial charge in [0.25, 0.3) is 5.91 Å². The first kappa shape index (κ1) is 20.6. The van der Waals surface area contributed by atoms with E-state index in [9.17, 15) is 9.59 Å². The number of aromatic nitrogens is 1. The van der Waals surface area contributed by atoms with Crippen LogP contribution < -0.4 is 10.1 Å². The van der Waals surface area contributed by atoms with Crippen molar-refractivity contribution < 1.29 is 19.1 Å². The Morgan fingerprint density at radius 1 is 1.17 bits per heavy atom. The second-order valence-electron chi connectivity index (χ2n) is 6.89. The highest BCUT2D eigenvalue weighted by molar-refractivity contribution is 7.14. The number of thiophene rings is 1. The van der Waals surface area contributed by atoms with Crippen molar-refractivity contribution in [1.29, 1.82) is 0 Å². The molecular weight excluding hydrogens is 420 g/mol. The maximum atomic E-state index is 12.3. The van der Waals surface area contributed by atoms with E-state index in [2.05, 4.69) is 10.3 Å². The number of hydrogen-bond donors (Lipinski definition) is 1. The van der Waals surface area contributed by atoms with Gasteiger partial charge in [0.15, 0.2) is 11.7 Å². The molecule has 156 valence electrons. The molecule has 30 heavy (non-hydrogen) atoms. The van der Waals surface area contributed by atoms with Gasteiger partial charge in [-0.2, -0.15) is 0 Å². The highest BCUT2D eigenvalue weighted by Gasteiger charge is 2.19. The number of hydrogen-bond acceptors (Lipinski definition) is 7. The molecule has 1 N–H and O–H groups in total. The van der Waals surface area contributed by atoms with Gasteiger partial charge in [-0.25, -0.2) is 9.78 Å². The first-order valence-electron chi connectivity index (χ1n) is 9.89. The van der Waals surface area contributed by atoms with Crippen LogP contribution in [0, 0.1) is 0 Å². The zero-order valence-corrected chi connectivity index (χ0v) is 18.2. The van der Waals surface area contributed by atoms with Crippen LogP contribution in [0.3, 0.4) is 0 Å². The van der Waals surface area contributed by atoms with Crippen LogP contribution in [0.5, 0.6) is 5.75 Å². The number of benzene rings is 1. The maximum Gasteiger partial charge on any atom is 0.348 e. The van der Waals surface area contributed by atoms with Gasteiger partial charge in [-0.15, -0.1) is 22.7 Å². The molecule has 8 heteroatoms. The zero-order chi connectivity index (χ0) is 20.9. The quantitative estimate of drug-likeness (QED) is 0.524. The molecule has 2 aromatic heterocycles. The number of esters is 1. The van der Waals surface area contributed by atoms with Crippen molar-refractivity contribution >= 4 is 39.7 Å². The summed E-state index contributed by atoms with van der Waals surface area (Å²) in [5.41, 5.74) is 2.94. The summed E-state index contributed by atoms with van der Waals surface area (Å²) in [6.45, 7) is 2.22. The van der Waals surface area contributed by atoms with Gasteiger partial charge in [0.1, 0.15) is 10.6 Å². The SMILES string of the molecule is CCOc1ccc(-c2csc(NC(=O)COC(=O)c3cc4c(s3)CCCC4)n2)cc1. The zero-order valence-electron chi connectivity index (χ0n) is 16.6. The summed E-state index contributed by atoms with van der Waals surface area (Å²) in [5.74, 6) is -0.0468. The molecule has 1 amide bonds. The molecule has 0 spiro atoms. The summed E-state index contributed by atoms with van der Waals surface area (Å²) in [6.07, 6.45) is 4.36. The standard InChI is InChI=1S/C22H22N2O4S2/c1-2-27-16-9-7-14(8-10-16)17-13-29-22(23-17)24-20(25)12-28-21(26)19-11-15-5-3-4-6-18(15)30-19/h7-11,13H,2-6,12H2,1H3,(H,23,24,25). The minimum absolute atomic E-state index is 0.334. The molecule has 0 bridgehead atoms. The Labute approximate surface area is 182 Å². The third kappa shape index (κ3) is 4.88. The number of anilines is 1. The first-order valence-corrected chi connectivity index (χ1v) is 11.6. The van der Waals surface area contributed by atoms with E-state index < -0.39 is 11.9 Å². The van der Waals surface area contributed by atoms with Crippen molar-refractivity contribution in [3.63, 3.8) is 0 Å². The second kappa shape index (κ2) is 9.40. The van der Waals surface area contributed by atoms with E-state index in [4.69, 9.17) is 9.47 Å². The van der Waals surface area contributed by atoms with E-state index in [1.54, 1.807) is 0 Å². The Kier molecular flexibility index (Phi) is 6.44. The molecule has 0 radical (unpaired) electrons. The van der Waals surface area contributed by atoms with Crippen LogP contribution >= 0.6 is 22.7 Å². The van der Waals surface area contributed by atoms with Gasteiger partial charge < -0.3 is 9.47 Å². The van der Waals surface area contributed by atoms with Gasteiger partial charge in [-0.05, 0) is 68.5 Å². The maximum absolute atomic E-state index is 12.3. The first-order chi connectivity index (χ1) is 14.6. The third-order valence-electron chi connectivity index (χ3n) is 4.74. The Hall–Kier alpha value is -2.71. The summed E-state index contributed by atoms with van der Waals surface area (Å²) < 4.78 is 10.6. The largest absolute Gasteiger partial charge is 0.494 e. The van der Waals surface area contributed by atoms with Crippen molar-refractivity contribution in [2.75, 3.05) is 18.5 Å². The molecule has 0 aliphatic heterocycles. The molecule has 0 atom stereocenters. The summed E-state index contributed by atoms with van der Waals surface area (Å²) in [5, 5.41) is 5.02. The lowest BCUT2D eigenvalue weighted by Gasteiger charge is -2.08. The van der Waals surface area contributed by atoms with Gasteiger partial charge in [-0.3, -0.25) is 10.1 Å². The lowest BCUT2D eigenvalue weighted by molar-refractivity contribution is -0.119. The Morgan fingerprint density at radius 2 is 1.97 bits per heavy atom. The summed E-state index contributed by atoms with van der Waals surface area (Å²) >= 11 is 2.80. The van der Waals surface area contributed by atoms with Crippen molar-refractivity contribution in [2.45, 2.75) is 32.6 Å². The van der Waals surface area contributed by atoms with Gasteiger partial charge in [0.2, 0.25) is 0 Å². The number of nitrogens with one attached hydrogen (secondary N) is 1. The van der Waals surface area contributed by atoms with Crippen LogP contribution in [-0.2, 0) is 22.4 Å². The van der Waals surface area contributed by atoms with E-state index in [-0.39, 0.29) is 6.61 Å². The normalized spacial score (nSPS) is 12.8. The van der Waals surface area contributed by atoms with Crippen molar-refractivity contribution in [1.82, 2.24) is 4.98 Å². The molecule has 1 aromatic carbocycles. The molecular formula is C22H22N2O4S2. The molecule has 4 rings (SSSR count). The highest BCUT2D eigenvalue weighted by atomic mass is 32.1. The van der Waals surface area contributed by atoms with E-state index >= 15 is 0 Å². The molecule has 2 heterocycles. The van der Waals surface area contributed by atoms with E-state index in [0.29, 0.717) is 16.6 Å². The van der Waals surface area contributed by atoms with Gasteiger partial charge in [0.05, 0.1) is 12.3 Å². The van der Waals surface area contributed by atoms with E-state index in [1.165, 1.54) is 33.1 Å². The van der Waals surface area contributed by atoms with Gasteiger partial charge in [-0.1, -0.05) is 0 Å². The number of fused-ring (bicyclic) bond motifs is 1. The predicted molar refractivity (Wildman–Crippen MR) is 119 cm³/mol. The fourth-order valence-corrected chi connectivity index (χ4v) is 5.18. The molecule has 3 aromatic rings. The fraction of sp³-hybridized carbons (Fsp3) is 0.318. The lowest BCUT2D eigenvalue weighted by Crippen LogP contribution is -2.20. The number of nitrogens with zero attached hydrogens (tertiary/aromatic N) is 1. The Bertz CT molecular complexity index is 1020. The minimum Gasteiger partial charge on any atom is -0.494 e. The van der Waals surface area contributed by atoms with Gasteiger partial charge >= 0.3 is 5.97 Å². The topological polar surface area (TPSA) is 77.5 Å². The van der Waals surface area contributed by atoms with Crippen molar-refractivity contribution in [2.24, 2.45) is 0 Å². The predicted octanol–water partition coefficient (Wildman–Crippen LogP) is 4.94. The number of thiazole rings is 1. The summed E-state index contributed by atoms with van der Waals surface area (Å²) in [7, 11) is 0. The lowest BCUT2D eigenvalue weighted by atomic mass is 9.99. The Morgan fingerprint density at radius 3 is 2.73 bits per heavy atom. The van der Waals surface area contributed by atoms with Crippen LogP contribution in [0.2, 0.25) is 0 Å². The molecule has 1 aliphatic carbocycles. The smallest absolute Gasteiger partial charge is 0.348 e. The number of rotatable bonds is 7. The average molecular weight is 443 g/mol. The number of aryl methyl sites for hydroxylation is 2. The van der Waals surface area contributed by atoms with Crippen LogP contribution in [0.1, 0.15) is 39.9 Å². The number of amides is 1. The molecule has 0 unspecified atom stereocenters. The van der Waals surface area contributed by atoms with Gasteiger partial charge in [0, 0.05) is 15.8 Å². The monoisotopic (exact) mass is 442 g/mol. The van der Waals surface area contributed by atoms with Crippen LogP contribution in [0.15, 0.2) is 35.7 Å². The Balaban J connectivity index is 1.30. The average Bonchev–Trinajstić information content (AvgIpc) is 3.40. The van der Waals surface area contributed by atoms with Crippen LogP contribution in [0.4, 0.5) is 5.13 Å². The summed E-state index contributed by atoms with van der Waals surface area (Å²) in [6, 6.07) is 9.53. The van der Waals surface area contributed by atoms with Crippen molar-refractivity contribution in [3.05, 3.63) is 51.0 Å².